The zero-order valence-corrected chi connectivity index (χ0v) is 9.27. The van der Waals surface area contributed by atoms with E-state index < -0.39 is 0 Å². The van der Waals surface area contributed by atoms with Gasteiger partial charge in [0.05, 0.1) is 12.3 Å². The molecular formula is C11H17N3O. The molecule has 4 heteroatoms. The largest absolute Gasteiger partial charge is 0.390 e. The minimum Gasteiger partial charge on any atom is -0.390 e. The van der Waals surface area contributed by atoms with Crippen LogP contribution in [0.25, 0.3) is 0 Å². The van der Waals surface area contributed by atoms with Crippen LogP contribution < -0.4 is 0 Å². The van der Waals surface area contributed by atoms with E-state index in [9.17, 15) is 5.11 Å². The second kappa shape index (κ2) is 3.06. The van der Waals surface area contributed by atoms with Crippen LogP contribution in [0.1, 0.15) is 35.8 Å². The van der Waals surface area contributed by atoms with Crippen LogP contribution in [0, 0.1) is 0 Å². The van der Waals surface area contributed by atoms with Crippen molar-refractivity contribution >= 4 is 0 Å². The highest BCUT2D eigenvalue weighted by molar-refractivity contribution is 5.34. The molecule has 1 aromatic heterocycles. The number of fused-ring (bicyclic) bond motifs is 4. The van der Waals surface area contributed by atoms with E-state index in [0.717, 1.165) is 12.1 Å². The standard InChI is InChI=1S/C11H17N3O/c1-13-7-3-4-9(13)11-8(6-15)12-14(2)10(11)5-7/h7,9,15H,3-6H2,1-2H3. The third-order valence-corrected chi connectivity index (χ3v) is 4.04. The highest BCUT2D eigenvalue weighted by Gasteiger charge is 2.40. The van der Waals surface area contributed by atoms with Crippen molar-refractivity contribution < 1.29 is 5.11 Å². The fourth-order valence-corrected chi connectivity index (χ4v) is 3.21. The number of aryl methyl sites for hydroxylation is 1. The van der Waals surface area contributed by atoms with Crippen molar-refractivity contribution in [2.75, 3.05) is 7.05 Å². The zero-order valence-electron chi connectivity index (χ0n) is 9.27. The number of nitrogens with zero attached hydrogens (tertiary/aromatic N) is 3. The van der Waals surface area contributed by atoms with Gasteiger partial charge < -0.3 is 5.11 Å². The normalized spacial score (nSPS) is 29.5. The fraction of sp³-hybridized carbons (Fsp3) is 0.727. The van der Waals surface area contributed by atoms with Gasteiger partial charge in [0.1, 0.15) is 0 Å². The lowest BCUT2D eigenvalue weighted by molar-refractivity contribution is 0.216. The summed E-state index contributed by atoms with van der Waals surface area (Å²) in [4.78, 5) is 2.45. The highest BCUT2D eigenvalue weighted by atomic mass is 16.3. The third kappa shape index (κ3) is 1.12. The van der Waals surface area contributed by atoms with Gasteiger partial charge >= 0.3 is 0 Å². The number of hydrogen-bond acceptors (Lipinski definition) is 3. The topological polar surface area (TPSA) is 41.3 Å². The number of hydrogen-bond donors (Lipinski definition) is 1. The van der Waals surface area contributed by atoms with Gasteiger partial charge in [0.25, 0.3) is 0 Å². The molecule has 0 spiro atoms. The Bertz CT molecular complexity index is 399. The van der Waals surface area contributed by atoms with Gasteiger partial charge in [-0.05, 0) is 19.9 Å². The van der Waals surface area contributed by atoms with E-state index >= 15 is 0 Å². The molecule has 1 N–H and O–H groups in total. The van der Waals surface area contributed by atoms with Gasteiger partial charge in [-0.1, -0.05) is 0 Å². The molecule has 2 aliphatic heterocycles. The fourth-order valence-electron chi connectivity index (χ4n) is 3.21. The average Bonchev–Trinajstić information content (AvgIpc) is 2.65. The minimum absolute atomic E-state index is 0.0676. The molecule has 0 saturated carbocycles. The molecule has 2 unspecified atom stereocenters. The monoisotopic (exact) mass is 207 g/mol. The number of aromatic nitrogens is 2. The molecule has 3 heterocycles. The molecule has 0 amide bonds. The van der Waals surface area contributed by atoms with E-state index in [4.69, 9.17) is 0 Å². The molecule has 1 aromatic rings. The summed E-state index contributed by atoms with van der Waals surface area (Å²) in [7, 11) is 4.18. The van der Waals surface area contributed by atoms with Crippen molar-refractivity contribution in [1.82, 2.24) is 14.7 Å². The number of aliphatic hydroxyl groups excluding tert-OH is 1. The van der Waals surface area contributed by atoms with Gasteiger partial charge in [-0.2, -0.15) is 5.10 Å². The quantitative estimate of drug-likeness (QED) is 0.733. The second-order valence-electron chi connectivity index (χ2n) is 4.71. The Morgan fingerprint density at radius 2 is 2.20 bits per heavy atom. The summed E-state index contributed by atoms with van der Waals surface area (Å²) in [5.41, 5.74) is 3.52. The summed E-state index contributed by atoms with van der Waals surface area (Å²) in [5.74, 6) is 0. The Hall–Kier alpha value is -0.870. The van der Waals surface area contributed by atoms with Gasteiger partial charge in [-0.3, -0.25) is 9.58 Å². The van der Waals surface area contributed by atoms with Crippen molar-refractivity contribution in [3.05, 3.63) is 17.0 Å². The van der Waals surface area contributed by atoms with E-state index in [1.807, 2.05) is 11.7 Å². The van der Waals surface area contributed by atoms with Gasteiger partial charge in [0.15, 0.2) is 0 Å². The Labute approximate surface area is 89.5 Å². The van der Waals surface area contributed by atoms with Crippen LogP contribution in [0.15, 0.2) is 0 Å². The Balaban J connectivity index is 2.15. The summed E-state index contributed by atoms with van der Waals surface area (Å²) < 4.78 is 1.96. The van der Waals surface area contributed by atoms with E-state index in [2.05, 4.69) is 17.0 Å². The van der Waals surface area contributed by atoms with E-state index in [1.165, 1.54) is 24.1 Å². The van der Waals surface area contributed by atoms with Crippen molar-refractivity contribution in [2.24, 2.45) is 7.05 Å². The number of rotatable bonds is 1. The maximum atomic E-state index is 9.33. The summed E-state index contributed by atoms with van der Waals surface area (Å²) in [6, 6.07) is 1.18. The summed E-state index contributed by atoms with van der Waals surface area (Å²) in [5, 5.41) is 13.7. The first kappa shape index (κ1) is 9.36. The molecule has 1 saturated heterocycles. The zero-order chi connectivity index (χ0) is 10.6. The van der Waals surface area contributed by atoms with Gasteiger partial charge in [-0.25, -0.2) is 0 Å². The van der Waals surface area contributed by atoms with Crippen molar-refractivity contribution in [1.29, 1.82) is 0 Å². The molecule has 2 atom stereocenters. The Morgan fingerprint density at radius 1 is 1.40 bits per heavy atom. The summed E-state index contributed by atoms with van der Waals surface area (Å²) >= 11 is 0. The van der Waals surface area contributed by atoms with Crippen LogP contribution in [-0.2, 0) is 20.1 Å². The Kier molecular flexibility index (Phi) is 1.91. The van der Waals surface area contributed by atoms with E-state index in [0.29, 0.717) is 12.1 Å². The number of aliphatic hydroxyl groups is 1. The lowest BCUT2D eigenvalue weighted by Gasteiger charge is -2.31. The predicted molar refractivity (Wildman–Crippen MR) is 56.4 cm³/mol. The van der Waals surface area contributed by atoms with Gasteiger partial charge in [0, 0.05) is 36.8 Å². The first-order valence-electron chi connectivity index (χ1n) is 5.59. The van der Waals surface area contributed by atoms with Crippen molar-refractivity contribution in [3.8, 4) is 0 Å². The molecule has 4 nitrogen and oxygen atoms in total. The van der Waals surface area contributed by atoms with Gasteiger partial charge in [0.2, 0.25) is 0 Å². The SMILES string of the molecule is CN1C2CCC1c1c(CO)nn(C)c1C2. The van der Waals surface area contributed by atoms with Crippen molar-refractivity contribution in [2.45, 2.75) is 38.0 Å². The maximum Gasteiger partial charge on any atom is 0.0929 e. The molecule has 2 bridgehead atoms. The lowest BCUT2D eigenvalue weighted by Crippen LogP contribution is -2.34. The Morgan fingerprint density at radius 3 is 2.93 bits per heavy atom. The number of likely N-dealkylation sites (N-methyl/N-ethyl adjacent to an activating group) is 1. The van der Waals surface area contributed by atoms with E-state index in [-0.39, 0.29) is 6.61 Å². The second-order valence-corrected chi connectivity index (χ2v) is 4.71. The molecule has 3 rings (SSSR count). The molecular weight excluding hydrogens is 190 g/mol. The van der Waals surface area contributed by atoms with Crippen LogP contribution in [0.2, 0.25) is 0 Å². The van der Waals surface area contributed by atoms with Gasteiger partial charge in [-0.15, -0.1) is 0 Å². The molecule has 82 valence electrons. The molecule has 0 aliphatic carbocycles. The summed E-state index contributed by atoms with van der Waals surface area (Å²) in [6.07, 6.45) is 3.58. The van der Waals surface area contributed by atoms with Crippen LogP contribution in [-0.4, -0.2) is 32.9 Å². The first-order valence-corrected chi connectivity index (χ1v) is 5.59. The molecule has 0 radical (unpaired) electrons. The average molecular weight is 207 g/mol. The van der Waals surface area contributed by atoms with Crippen LogP contribution in [0.5, 0.6) is 0 Å². The molecule has 1 fully saturated rings. The van der Waals surface area contributed by atoms with Crippen LogP contribution in [0.4, 0.5) is 0 Å². The van der Waals surface area contributed by atoms with Crippen LogP contribution >= 0.6 is 0 Å². The van der Waals surface area contributed by atoms with Crippen molar-refractivity contribution in [3.63, 3.8) is 0 Å². The third-order valence-electron chi connectivity index (χ3n) is 4.04. The highest BCUT2D eigenvalue weighted by Crippen LogP contribution is 2.43. The predicted octanol–water partition coefficient (Wildman–Crippen LogP) is 0.604. The first-order chi connectivity index (χ1) is 7.22. The summed E-state index contributed by atoms with van der Waals surface area (Å²) in [6.45, 7) is 0.0676. The lowest BCUT2D eigenvalue weighted by atomic mass is 9.98. The molecule has 15 heavy (non-hydrogen) atoms. The van der Waals surface area contributed by atoms with E-state index in [1.54, 1.807) is 0 Å². The van der Waals surface area contributed by atoms with Crippen LogP contribution in [0.3, 0.4) is 0 Å². The molecule has 0 aromatic carbocycles. The molecule has 2 aliphatic rings. The smallest absolute Gasteiger partial charge is 0.0929 e. The minimum atomic E-state index is 0.0676. The maximum absolute atomic E-state index is 9.33.